The van der Waals surface area contributed by atoms with Crippen molar-refractivity contribution in [1.82, 2.24) is 14.9 Å². The second-order valence-corrected chi connectivity index (χ2v) is 5.69. The van der Waals surface area contributed by atoms with E-state index < -0.39 is 0 Å². The standard InChI is InChI=1S/C16H22N4O/c1-19(2)16-18-10-13(20(16)3)9-17-11-14-8-12-6-4-5-7-15(12)21-14/h4-7,10,14,17H,8-9,11H2,1-3H3. The van der Waals surface area contributed by atoms with Crippen molar-refractivity contribution in [3.05, 3.63) is 41.7 Å². The highest BCUT2D eigenvalue weighted by Gasteiger charge is 2.21. The van der Waals surface area contributed by atoms with Crippen molar-refractivity contribution in [3.8, 4) is 5.75 Å². The van der Waals surface area contributed by atoms with Crippen LogP contribution in [0.4, 0.5) is 5.95 Å². The summed E-state index contributed by atoms with van der Waals surface area (Å²) in [5, 5.41) is 3.47. The average molecular weight is 286 g/mol. The molecule has 0 fully saturated rings. The highest BCUT2D eigenvalue weighted by molar-refractivity contribution is 5.37. The van der Waals surface area contributed by atoms with E-state index in [4.69, 9.17) is 4.74 Å². The van der Waals surface area contributed by atoms with Crippen molar-refractivity contribution in [2.24, 2.45) is 7.05 Å². The van der Waals surface area contributed by atoms with Gasteiger partial charge in [0, 0.05) is 40.7 Å². The van der Waals surface area contributed by atoms with Gasteiger partial charge >= 0.3 is 0 Å². The van der Waals surface area contributed by atoms with Gasteiger partial charge in [0.2, 0.25) is 5.95 Å². The lowest BCUT2D eigenvalue weighted by Crippen LogP contribution is -2.30. The molecule has 0 saturated carbocycles. The molecular formula is C16H22N4O. The summed E-state index contributed by atoms with van der Waals surface area (Å²) in [6.07, 6.45) is 3.13. The molecule has 0 spiro atoms. The quantitative estimate of drug-likeness (QED) is 0.906. The van der Waals surface area contributed by atoms with Crippen LogP contribution in [0.25, 0.3) is 0 Å². The Morgan fingerprint density at radius 1 is 1.38 bits per heavy atom. The fraction of sp³-hybridized carbons (Fsp3) is 0.438. The Bertz CT molecular complexity index is 595. The van der Waals surface area contributed by atoms with Crippen LogP contribution in [0, 0.1) is 0 Å². The third kappa shape index (κ3) is 2.88. The van der Waals surface area contributed by atoms with Gasteiger partial charge in [-0.3, -0.25) is 0 Å². The predicted octanol–water partition coefficient (Wildman–Crippen LogP) is 1.58. The summed E-state index contributed by atoms with van der Waals surface area (Å²) < 4.78 is 8.03. The molecule has 1 aromatic carbocycles. The number of nitrogens with one attached hydrogen (secondary N) is 1. The minimum absolute atomic E-state index is 0.226. The summed E-state index contributed by atoms with van der Waals surface area (Å²) in [4.78, 5) is 6.43. The first kappa shape index (κ1) is 13.9. The number of aromatic nitrogens is 2. The Hall–Kier alpha value is -2.01. The van der Waals surface area contributed by atoms with Crippen LogP contribution in [-0.2, 0) is 20.0 Å². The van der Waals surface area contributed by atoms with Crippen LogP contribution in [-0.4, -0.2) is 36.3 Å². The summed E-state index contributed by atoms with van der Waals surface area (Å²) in [5.74, 6) is 2.00. The van der Waals surface area contributed by atoms with Gasteiger partial charge in [0.1, 0.15) is 11.9 Å². The summed E-state index contributed by atoms with van der Waals surface area (Å²) in [7, 11) is 6.05. The lowest BCUT2D eigenvalue weighted by molar-refractivity contribution is 0.227. The topological polar surface area (TPSA) is 42.3 Å². The number of benzene rings is 1. The molecule has 2 aromatic rings. The molecule has 5 nitrogen and oxygen atoms in total. The van der Waals surface area contributed by atoms with Gasteiger partial charge in [-0.2, -0.15) is 0 Å². The van der Waals surface area contributed by atoms with Crippen molar-refractivity contribution in [1.29, 1.82) is 0 Å². The second-order valence-electron chi connectivity index (χ2n) is 5.69. The van der Waals surface area contributed by atoms with Crippen LogP contribution in [0.15, 0.2) is 30.5 Å². The molecule has 1 atom stereocenters. The Morgan fingerprint density at radius 3 is 2.90 bits per heavy atom. The van der Waals surface area contributed by atoms with Gasteiger partial charge in [-0.25, -0.2) is 4.98 Å². The van der Waals surface area contributed by atoms with Crippen molar-refractivity contribution < 1.29 is 4.74 Å². The number of anilines is 1. The van der Waals surface area contributed by atoms with E-state index in [2.05, 4.69) is 27.0 Å². The van der Waals surface area contributed by atoms with Crippen LogP contribution in [0.3, 0.4) is 0 Å². The third-order valence-corrected chi connectivity index (χ3v) is 3.85. The van der Waals surface area contributed by atoms with Gasteiger partial charge in [0.15, 0.2) is 0 Å². The molecule has 2 heterocycles. The van der Waals surface area contributed by atoms with E-state index in [-0.39, 0.29) is 6.10 Å². The van der Waals surface area contributed by atoms with E-state index in [0.29, 0.717) is 0 Å². The molecular weight excluding hydrogens is 264 g/mol. The van der Waals surface area contributed by atoms with Gasteiger partial charge in [-0.15, -0.1) is 0 Å². The monoisotopic (exact) mass is 286 g/mol. The first-order chi connectivity index (χ1) is 10.1. The zero-order valence-electron chi connectivity index (χ0n) is 12.8. The Kier molecular flexibility index (Phi) is 3.84. The summed E-state index contributed by atoms with van der Waals surface area (Å²) >= 11 is 0. The van der Waals surface area contributed by atoms with E-state index in [0.717, 1.165) is 31.2 Å². The van der Waals surface area contributed by atoms with Crippen molar-refractivity contribution in [2.75, 3.05) is 25.5 Å². The fourth-order valence-corrected chi connectivity index (χ4v) is 2.74. The lowest BCUT2D eigenvalue weighted by atomic mass is 10.1. The van der Waals surface area contributed by atoms with Gasteiger partial charge in [0.05, 0.1) is 11.9 Å². The molecule has 112 valence electrons. The highest BCUT2D eigenvalue weighted by Crippen LogP contribution is 2.27. The van der Waals surface area contributed by atoms with Crippen molar-refractivity contribution >= 4 is 5.95 Å². The van der Waals surface area contributed by atoms with Crippen LogP contribution < -0.4 is 15.0 Å². The molecule has 0 saturated heterocycles. The Balaban J connectivity index is 1.52. The van der Waals surface area contributed by atoms with Crippen LogP contribution in [0.1, 0.15) is 11.3 Å². The smallest absolute Gasteiger partial charge is 0.204 e. The molecule has 0 bridgehead atoms. The molecule has 0 amide bonds. The molecule has 0 radical (unpaired) electrons. The van der Waals surface area contributed by atoms with Crippen LogP contribution in [0.5, 0.6) is 5.75 Å². The third-order valence-electron chi connectivity index (χ3n) is 3.85. The van der Waals surface area contributed by atoms with Gasteiger partial charge < -0.3 is 19.5 Å². The zero-order chi connectivity index (χ0) is 14.8. The molecule has 1 aliphatic heterocycles. The molecule has 5 heteroatoms. The van der Waals surface area contributed by atoms with Gasteiger partial charge in [-0.05, 0) is 11.6 Å². The summed E-state index contributed by atoms with van der Waals surface area (Å²) in [6.45, 7) is 1.64. The molecule has 1 N–H and O–H groups in total. The SMILES string of the molecule is CN(C)c1ncc(CNCC2Cc3ccccc3O2)n1C. The van der Waals surface area contributed by atoms with E-state index in [1.54, 1.807) is 0 Å². The van der Waals surface area contributed by atoms with E-state index in [9.17, 15) is 0 Å². The number of para-hydroxylation sites is 1. The number of hydrogen-bond acceptors (Lipinski definition) is 4. The molecule has 1 aromatic heterocycles. The number of hydrogen-bond donors (Lipinski definition) is 1. The Morgan fingerprint density at radius 2 is 2.19 bits per heavy atom. The number of rotatable bonds is 5. The number of ether oxygens (including phenoxy) is 1. The highest BCUT2D eigenvalue weighted by atomic mass is 16.5. The molecule has 3 rings (SSSR count). The largest absolute Gasteiger partial charge is 0.488 e. The predicted molar refractivity (Wildman–Crippen MR) is 83.8 cm³/mol. The summed E-state index contributed by atoms with van der Waals surface area (Å²) in [5.41, 5.74) is 2.48. The molecule has 1 aliphatic rings. The second kappa shape index (κ2) is 5.77. The fourth-order valence-electron chi connectivity index (χ4n) is 2.74. The van der Waals surface area contributed by atoms with Gasteiger partial charge in [0.25, 0.3) is 0 Å². The molecule has 1 unspecified atom stereocenters. The van der Waals surface area contributed by atoms with Gasteiger partial charge in [-0.1, -0.05) is 18.2 Å². The van der Waals surface area contributed by atoms with Crippen LogP contribution in [0.2, 0.25) is 0 Å². The Labute approximate surface area is 125 Å². The number of imidazole rings is 1. The minimum Gasteiger partial charge on any atom is -0.488 e. The normalized spacial score (nSPS) is 16.6. The number of fused-ring (bicyclic) bond motifs is 1. The average Bonchev–Trinajstić information content (AvgIpc) is 3.02. The first-order valence-corrected chi connectivity index (χ1v) is 7.28. The van der Waals surface area contributed by atoms with E-state index in [1.807, 2.05) is 44.4 Å². The van der Waals surface area contributed by atoms with E-state index >= 15 is 0 Å². The summed E-state index contributed by atoms with van der Waals surface area (Å²) in [6, 6.07) is 8.27. The first-order valence-electron chi connectivity index (χ1n) is 7.28. The minimum atomic E-state index is 0.226. The maximum absolute atomic E-state index is 5.93. The van der Waals surface area contributed by atoms with Crippen molar-refractivity contribution in [3.63, 3.8) is 0 Å². The maximum Gasteiger partial charge on any atom is 0.204 e. The lowest BCUT2D eigenvalue weighted by Gasteiger charge is -2.14. The maximum atomic E-state index is 5.93. The van der Waals surface area contributed by atoms with E-state index in [1.165, 1.54) is 11.3 Å². The van der Waals surface area contributed by atoms with Crippen molar-refractivity contribution in [2.45, 2.75) is 19.1 Å². The molecule has 21 heavy (non-hydrogen) atoms. The zero-order valence-corrected chi connectivity index (χ0v) is 12.8. The number of nitrogens with zero attached hydrogens (tertiary/aromatic N) is 3. The van der Waals surface area contributed by atoms with Crippen LogP contribution >= 0.6 is 0 Å². The molecule has 0 aliphatic carbocycles.